The molecule has 7 heteroatoms. The quantitative estimate of drug-likeness (QED) is 0.892. The van der Waals surface area contributed by atoms with Crippen LogP contribution in [-0.4, -0.2) is 34.6 Å². The average molecular weight is 261 g/mol. The van der Waals surface area contributed by atoms with Gasteiger partial charge in [-0.3, -0.25) is 9.78 Å². The number of carbonyl (C=O) groups excluding carboxylic acids is 1. The van der Waals surface area contributed by atoms with Gasteiger partial charge in [0.05, 0.1) is 12.2 Å². The van der Waals surface area contributed by atoms with E-state index >= 15 is 0 Å². The zero-order chi connectivity index (χ0) is 14.0. The number of nitrogens with zero attached hydrogens (tertiary/aromatic N) is 2. The van der Waals surface area contributed by atoms with Gasteiger partial charge in [0.2, 0.25) is 0 Å². The van der Waals surface area contributed by atoms with Gasteiger partial charge in [-0.15, -0.1) is 0 Å². The fourth-order valence-corrected chi connectivity index (χ4v) is 1.32. The Kier molecular flexibility index (Phi) is 3.95. The van der Waals surface area contributed by atoms with Crippen molar-refractivity contribution in [3.8, 4) is 0 Å². The molecule has 0 bridgehead atoms. The number of aromatic nitrogens is 1. The molecule has 2 N–H and O–H groups in total. The van der Waals surface area contributed by atoms with Crippen molar-refractivity contribution in [2.24, 2.45) is 5.73 Å². The smallest absolute Gasteiger partial charge is 0.338 e. The summed E-state index contributed by atoms with van der Waals surface area (Å²) < 4.78 is 37.8. The predicted molar refractivity (Wildman–Crippen MR) is 59.4 cm³/mol. The summed E-state index contributed by atoms with van der Waals surface area (Å²) in [5.41, 5.74) is 2.65. The van der Waals surface area contributed by atoms with Crippen molar-refractivity contribution in [3.05, 3.63) is 30.1 Å². The maximum atomic E-state index is 12.6. The molecule has 4 nitrogen and oxygen atoms in total. The van der Waals surface area contributed by atoms with Crippen molar-refractivity contribution >= 4 is 5.91 Å². The van der Waals surface area contributed by atoms with Crippen molar-refractivity contribution in [1.29, 1.82) is 0 Å². The number of hydrogen-bond acceptors (Lipinski definition) is 3. The molecule has 1 heterocycles. The minimum Gasteiger partial charge on any atom is -0.338 e. The number of hydrogen-bond donors (Lipinski definition) is 1. The van der Waals surface area contributed by atoms with E-state index in [1.54, 1.807) is 18.2 Å². The van der Waals surface area contributed by atoms with Crippen LogP contribution in [0.2, 0.25) is 0 Å². The number of pyridine rings is 1. The molecule has 18 heavy (non-hydrogen) atoms. The van der Waals surface area contributed by atoms with E-state index in [1.807, 2.05) is 0 Å². The van der Waals surface area contributed by atoms with Gasteiger partial charge in [-0.25, -0.2) is 0 Å². The van der Waals surface area contributed by atoms with E-state index in [1.165, 1.54) is 13.2 Å². The molecule has 0 fully saturated rings. The van der Waals surface area contributed by atoms with Crippen molar-refractivity contribution in [1.82, 2.24) is 9.88 Å². The highest BCUT2D eigenvalue weighted by molar-refractivity contribution is 5.86. The van der Waals surface area contributed by atoms with Crippen LogP contribution in [0.25, 0.3) is 0 Å². The first-order valence-corrected chi connectivity index (χ1v) is 5.17. The number of nitrogens with two attached hydrogens (primary N) is 1. The van der Waals surface area contributed by atoms with Crippen LogP contribution in [0.3, 0.4) is 0 Å². The highest BCUT2D eigenvalue weighted by Gasteiger charge is 2.54. The maximum Gasteiger partial charge on any atom is 0.415 e. The summed E-state index contributed by atoms with van der Waals surface area (Å²) in [6.45, 7) is 0.632. The Morgan fingerprint density at radius 3 is 2.50 bits per heavy atom. The van der Waals surface area contributed by atoms with Crippen molar-refractivity contribution in [3.63, 3.8) is 0 Å². The zero-order valence-corrected chi connectivity index (χ0v) is 10.0. The molecule has 1 amide bonds. The van der Waals surface area contributed by atoms with E-state index in [0.717, 1.165) is 4.90 Å². The number of carbonyl (C=O) groups is 1. The number of alkyl halides is 3. The molecule has 0 aliphatic rings. The molecule has 0 aliphatic carbocycles. The lowest BCUT2D eigenvalue weighted by Crippen LogP contribution is -2.61. The number of likely N-dealkylation sites (N-methyl/N-ethyl adjacent to an activating group) is 1. The standard InChI is InChI=1S/C11H14F3N3O/c1-10(15,11(12,13)14)9(18)17(2)7-8-5-3-4-6-16-8/h3-6H,7,15H2,1-2H3. The van der Waals surface area contributed by atoms with Gasteiger partial charge in [0, 0.05) is 13.2 Å². The lowest BCUT2D eigenvalue weighted by molar-refractivity contribution is -0.193. The van der Waals surface area contributed by atoms with Crippen LogP contribution in [0.4, 0.5) is 13.2 Å². The Labute approximate surface area is 103 Å². The van der Waals surface area contributed by atoms with Crippen LogP contribution < -0.4 is 5.73 Å². The van der Waals surface area contributed by atoms with Gasteiger partial charge in [-0.05, 0) is 19.1 Å². The topological polar surface area (TPSA) is 59.2 Å². The second kappa shape index (κ2) is 4.93. The Balaban J connectivity index is 2.80. The summed E-state index contributed by atoms with van der Waals surface area (Å²) in [6, 6.07) is 4.98. The van der Waals surface area contributed by atoms with Crippen LogP contribution >= 0.6 is 0 Å². The summed E-state index contributed by atoms with van der Waals surface area (Å²) in [6.07, 6.45) is -3.29. The molecule has 0 radical (unpaired) electrons. The summed E-state index contributed by atoms with van der Waals surface area (Å²) >= 11 is 0. The summed E-state index contributed by atoms with van der Waals surface area (Å²) in [5, 5.41) is 0. The largest absolute Gasteiger partial charge is 0.415 e. The molecule has 1 aromatic rings. The lowest BCUT2D eigenvalue weighted by atomic mass is 10.0. The van der Waals surface area contributed by atoms with Crippen molar-refractivity contribution in [2.75, 3.05) is 7.05 Å². The van der Waals surface area contributed by atoms with Crippen molar-refractivity contribution in [2.45, 2.75) is 25.2 Å². The second-order valence-electron chi connectivity index (χ2n) is 4.18. The van der Waals surface area contributed by atoms with Gasteiger partial charge < -0.3 is 10.6 Å². The molecule has 1 aromatic heterocycles. The first-order valence-electron chi connectivity index (χ1n) is 5.17. The predicted octanol–water partition coefficient (Wildman–Crippen LogP) is 1.32. The minimum absolute atomic E-state index is 0.0253. The summed E-state index contributed by atoms with van der Waals surface area (Å²) in [7, 11) is 1.26. The fourth-order valence-electron chi connectivity index (χ4n) is 1.32. The van der Waals surface area contributed by atoms with Crippen LogP contribution in [0.1, 0.15) is 12.6 Å². The molecule has 1 rings (SSSR count). The van der Waals surface area contributed by atoms with Crippen LogP contribution in [0, 0.1) is 0 Å². The van der Waals surface area contributed by atoms with Gasteiger partial charge >= 0.3 is 6.18 Å². The van der Waals surface area contributed by atoms with E-state index in [2.05, 4.69) is 4.98 Å². The monoisotopic (exact) mass is 261 g/mol. The maximum absolute atomic E-state index is 12.6. The minimum atomic E-state index is -4.79. The van der Waals surface area contributed by atoms with Gasteiger partial charge in [0.15, 0.2) is 5.54 Å². The molecule has 0 saturated carbocycles. The number of halogens is 3. The molecule has 0 saturated heterocycles. The Morgan fingerprint density at radius 1 is 1.44 bits per heavy atom. The van der Waals surface area contributed by atoms with E-state index in [0.29, 0.717) is 12.6 Å². The van der Waals surface area contributed by atoms with Gasteiger partial charge in [0.25, 0.3) is 5.91 Å². The van der Waals surface area contributed by atoms with Crippen LogP contribution in [0.5, 0.6) is 0 Å². The van der Waals surface area contributed by atoms with Crippen LogP contribution in [-0.2, 0) is 11.3 Å². The van der Waals surface area contributed by atoms with Crippen molar-refractivity contribution < 1.29 is 18.0 Å². The van der Waals surface area contributed by atoms with Gasteiger partial charge in [0.1, 0.15) is 0 Å². The average Bonchev–Trinajstić information content (AvgIpc) is 2.27. The Morgan fingerprint density at radius 2 is 2.06 bits per heavy atom. The normalized spacial score (nSPS) is 15.0. The third kappa shape index (κ3) is 2.98. The molecular formula is C11H14F3N3O. The molecule has 100 valence electrons. The highest BCUT2D eigenvalue weighted by atomic mass is 19.4. The second-order valence-corrected chi connectivity index (χ2v) is 4.18. The summed E-state index contributed by atoms with van der Waals surface area (Å²) in [4.78, 5) is 16.5. The number of amides is 1. The van der Waals surface area contributed by atoms with E-state index in [-0.39, 0.29) is 6.54 Å². The Hall–Kier alpha value is -1.63. The Bertz CT molecular complexity index is 417. The summed E-state index contributed by atoms with van der Waals surface area (Å²) in [5.74, 6) is -1.19. The van der Waals surface area contributed by atoms with Gasteiger partial charge in [-0.1, -0.05) is 6.07 Å². The molecule has 1 unspecified atom stereocenters. The van der Waals surface area contributed by atoms with Gasteiger partial charge in [-0.2, -0.15) is 13.2 Å². The molecule has 0 spiro atoms. The third-order valence-corrected chi connectivity index (χ3v) is 2.51. The highest BCUT2D eigenvalue weighted by Crippen LogP contribution is 2.29. The molecular weight excluding hydrogens is 247 g/mol. The van der Waals surface area contributed by atoms with E-state index in [4.69, 9.17) is 5.73 Å². The molecule has 1 atom stereocenters. The SMILES string of the molecule is CN(Cc1ccccn1)C(=O)C(C)(N)C(F)(F)F. The lowest BCUT2D eigenvalue weighted by Gasteiger charge is -2.30. The van der Waals surface area contributed by atoms with Crippen LogP contribution in [0.15, 0.2) is 24.4 Å². The van der Waals surface area contributed by atoms with E-state index in [9.17, 15) is 18.0 Å². The zero-order valence-electron chi connectivity index (χ0n) is 10.0. The van der Waals surface area contributed by atoms with E-state index < -0.39 is 17.6 Å². The third-order valence-electron chi connectivity index (χ3n) is 2.51. The first-order chi connectivity index (χ1) is 8.16. The first kappa shape index (κ1) is 14.4. The number of rotatable bonds is 3. The molecule has 0 aliphatic heterocycles. The fraction of sp³-hybridized carbons (Fsp3) is 0.455. The molecule has 0 aromatic carbocycles.